The van der Waals surface area contributed by atoms with E-state index in [1.54, 1.807) is 48.4 Å². The van der Waals surface area contributed by atoms with Gasteiger partial charge >= 0.3 is 0 Å². The Morgan fingerprint density at radius 3 is 2.33 bits per heavy atom. The number of hydrogen-bond donors (Lipinski definition) is 1. The first kappa shape index (κ1) is 27.4. The van der Waals surface area contributed by atoms with Gasteiger partial charge in [0.25, 0.3) is 11.7 Å². The third-order valence-electron chi connectivity index (χ3n) is 7.35. The summed E-state index contributed by atoms with van der Waals surface area (Å²) in [6, 6.07) is 21.5. The number of nitrogens with zero attached hydrogens (tertiary/aromatic N) is 2. The Kier molecular flexibility index (Phi) is 8.48. The number of benzene rings is 3. The van der Waals surface area contributed by atoms with Crippen molar-refractivity contribution >= 4 is 17.4 Å². The van der Waals surface area contributed by atoms with E-state index in [9.17, 15) is 14.7 Å². The Hall–Kier alpha value is -4.14. The first-order valence-electron chi connectivity index (χ1n) is 13.5. The van der Waals surface area contributed by atoms with Gasteiger partial charge in [0.15, 0.2) is 0 Å². The van der Waals surface area contributed by atoms with E-state index in [-0.39, 0.29) is 11.3 Å². The smallest absolute Gasteiger partial charge is 0.295 e. The quantitative estimate of drug-likeness (QED) is 0.245. The summed E-state index contributed by atoms with van der Waals surface area (Å²) in [5, 5.41) is 11.4. The van der Waals surface area contributed by atoms with Crippen LogP contribution in [0.4, 0.5) is 0 Å². The highest BCUT2D eigenvalue weighted by molar-refractivity contribution is 6.46. The molecule has 0 radical (unpaired) electrons. The summed E-state index contributed by atoms with van der Waals surface area (Å²) >= 11 is 0. The average molecular weight is 543 g/mol. The van der Waals surface area contributed by atoms with Gasteiger partial charge in [-0.15, -0.1) is 0 Å². The molecule has 2 aliphatic rings. The van der Waals surface area contributed by atoms with Gasteiger partial charge < -0.3 is 24.2 Å². The number of aliphatic hydroxyl groups is 1. The van der Waals surface area contributed by atoms with E-state index >= 15 is 0 Å². The van der Waals surface area contributed by atoms with Gasteiger partial charge in [-0.2, -0.15) is 0 Å². The Morgan fingerprint density at radius 1 is 0.950 bits per heavy atom. The van der Waals surface area contributed by atoms with E-state index < -0.39 is 17.7 Å². The van der Waals surface area contributed by atoms with Crippen LogP contribution < -0.4 is 9.47 Å². The molecule has 0 saturated carbocycles. The molecule has 2 saturated heterocycles. The fraction of sp³-hybridized carbons (Fsp3) is 0.312. The van der Waals surface area contributed by atoms with Crippen molar-refractivity contribution in [2.45, 2.75) is 19.6 Å². The van der Waals surface area contributed by atoms with E-state index in [2.05, 4.69) is 11.0 Å². The van der Waals surface area contributed by atoms with Crippen molar-refractivity contribution in [1.82, 2.24) is 9.80 Å². The van der Waals surface area contributed by atoms with Gasteiger partial charge in [-0.3, -0.25) is 14.5 Å². The predicted molar refractivity (Wildman–Crippen MR) is 151 cm³/mol. The lowest BCUT2D eigenvalue weighted by Gasteiger charge is -2.31. The summed E-state index contributed by atoms with van der Waals surface area (Å²) in [5.41, 5.74) is 3.46. The van der Waals surface area contributed by atoms with Crippen LogP contribution in [0.1, 0.15) is 28.3 Å². The Morgan fingerprint density at radius 2 is 1.65 bits per heavy atom. The van der Waals surface area contributed by atoms with E-state index in [0.29, 0.717) is 50.0 Å². The van der Waals surface area contributed by atoms with Crippen LogP contribution >= 0.6 is 0 Å². The molecule has 2 heterocycles. The maximum atomic E-state index is 13.4. The van der Waals surface area contributed by atoms with Crippen LogP contribution in [0.5, 0.6) is 11.5 Å². The van der Waals surface area contributed by atoms with E-state index in [1.165, 1.54) is 0 Å². The second-order valence-electron chi connectivity index (χ2n) is 10.0. The zero-order valence-corrected chi connectivity index (χ0v) is 22.8. The van der Waals surface area contributed by atoms with Crippen LogP contribution in [-0.4, -0.2) is 73.1 Å². The summed E-state index contributed by atoms with van der Waals surface area (Å²) in [5.74, 6) is -0.224. The van der Waals surface area contributed by atoms with Crippen molar-refractivity contribution in [2.24, 2.45) is 0 Å². The van der Waals surface area contributed by atoms with E-state index in [0.717, 1.165) is 29.8 Å². The third kappa shape index (κ3) is 6.03. The highest BCUT2D eigenvalue weighted by Gasteiger charge is 2.46. The molecular formula is C32H34N2O6. The molecule has 1 N–H and O–H groups in total. The van der Waals surface area contributed by atoms with Gasteiger partial charge in [0.05, 0.1) is 31.9 Å². The molecule has 1 atom stereocenters. The number of rotatable bonds is 9. The van der Waals surface area contributed by atoms with Crippen molar-refractivity contribution in [2.75, 3.05) is 46.5 Å². The number of carbonyl (C=O) groups is 2. The summed E-state index contributed by atoms with van der Waals surface area (Å²) < 4.78 is 16.6. The highest BCUT2D eigenvalue weighted by atomic mass is 16.5. The molecule has 208 valence electrons. The van der Waals surface area contributed by atoms with Crippen molar-refractivity contribution in [1.29, 1.82) is 0 Å². The number of aliphatic hydroxyl groups excluding tert-OH is 1. The molecule has 0 bridgehead atoms. The predicted octanol–water partition coefficient (Wildman–Crippen LogP) is 4.34. The van der Waals surface area contributed by atoms with Crippen LogP contribution in [0.25, 0.3) is 5.76 Å². The number of likely N-dealkylation sites (tertiary alicyclic amines) is 1. The monoisotopic (exact) mass is 542 g/mol. The largest absolute Gasteiger partial charge is 0.507 e. The molecule has 2 aliphatic heterocycles. The first-order valence-corrected chi connectivity index (χ1v) is 13.5. The number of hydrogen-bond acceptors (Lipinski definition) is 7. The molecular weight excluding hydrogens is 508 g/mol. The zero-order valence-electron chi connectivity index (χ0n) is 22.8. The molecule has 8 nitrogen and oxygen atoms in total. The second-order valence-corrected chi connectivity index (χ2v) is 10.0. The van der Waals surface area contributed by atoms with Crippen molar-refractivity contribution in [3.63, 3.8) is 0 Å². The van der Waals surface area contributed by atoms with Crippen LogP contribution in [0.2, 0.25) is 0 Å². The van der Waals surface area contributed by atoms with Gasteiger partial charge in [-0.25, -0.2) is 0 Å². The molecule has 2 fully saturated rings. The minimum absolute atomic E-state index is 0.0746. The third-order valence-corrected chi connectivity index (χ3v) is 7.35. The van der Waals surface area contributed by atoms with Gasteiger partial charge in [0, 0.05) is 31.7 Å². The molecule has 3 aromatic carbocycles. The summed E-state index contributed by atoms with van der Waals surface area (Å²) in [6.45, 7) is 6.24. The summed E-state index contributed by atoms with van der Waals surface area (Å²) in [4.78, 5) is 30.4. The lowest BCUT2D eigenvalue weighted by atomic mass is 9.95. The number of methoxy groups -OCH3 is 1. The van der Waals surface area contributed by atoms with Crippen LogP contribution in [0.3, 0.4) is 0 Å². The lowest BCUT2D eigenvalue weighted by molar-refractivity contribution is -0.140. The molecule has 0 spiro atoms. The maximum Gasteiger partial charge on any atom is 0.295 e. The molecule has 3 aromatic rings. The Balaban J connectivity index is 1.41. The van der Waals surface area contributed by atoms with Crippen LogP contribution in [-0.2, 0) is 20.9 Å². The summed E-state index contributed by atoms with van der Waals surface area (Å²) in [7, 11) is 1.58. The number of Topliss-reactive ketones (excluding diaryl/α,β-unsaturated/α-hetero) is 1. The van der Waals surface area contributed by atoms with E-state index in [4.69, 9.17) is 14.2 Å². The normalized spacial score (nSPS) is 19.1. The number of amides is 1. The Bertz CT molecular complexity index is 1380. The molecule has 0 unspecified atom stereocenters. The minimum atomic E-state index is -0.718. The van der Waals surface area contributed by atoms with Gasteiger partial charge in [0.1, 0.15) is 23.9 Å². The van der Waals surface area contributed by atoms with Crippen molar-refractivity contribution in [3.8, 4) is 11.5 Å². The Labute approximate surface area is 234 Å². The van der Waals surface area contributed by atoms with Crippen LogP contribution in [0, 0.1) is 6.92 Å². The SMILES string of the molecule is COc1ccc([C@@H]2C(=C(O)c3ccc(OCc4cccc(C)c4)cc3)C(=O)C(=O)N2CCN2CCOCC2)cc1. The topological polar surface area (TPSA) is 88.5 Å². The molecule has 1 amide bonds. The fourth-order valence-electron chi connectivity index (χ4n) is 5.15. The maximum absolute atomic E-state index is 13.4. The van der Waals surface area contributed by atoms with Crippen molar-refractivity contribution < 1.29 is 28.9 Å². The zero-order chi connectivity index (χ0) is 28.1. The number of ether oxygens (including phenoxy) is 3. The van der Waals surface area contributed by atoms with Crippen LogP contribution in [0.15, 0.2) is 78.4 Å². The second kappa shape index (κ2) is 12.4. The van der Waals surface area contributed by atoms with Gasteiger partial charge in [0.2, 0.25) is 0 Å². The van der Waals surface area contributed by atoms with E-state index in [1.807, 2.05) is 37.3 Å². The number of aryl methyl sites for hydroxylation is 1. The molecule has 0 aliphatic carbocycles. The summed E-state index contributed by atoms with van der Waals surface area (Å²) in [6.07, 6.45) is 0. The number of carbonyl (C=O) groups excluding carboxylic acids is 2. The standard InChI is InChI=1S/C32H34N2O6/c1-22-4-3-5-23(20-22)21-40-27-12-8-25(9-13-27)30(35)28-29(24-6-10-26(38-2)11-7-24)34(32(37)31(28)36)15-14-33-16-18-39-19-17-33/h3-13,20,29,35H,14-19,21H2,1-2H3/t29-/m1/s1. The molecule has 40 heavy (non-hydrogen) atoms. The highest BCUT2D eigenvalue weighted by Crippen LogP contribution is 2.40. The van der Waals surface area contributed by atoms with Crippen molar-refractivity contribution in [3.05, 3.63) is 101 Å². The molecule has 0 aromatic heterocycles. The molecule has 5 rings (SSSR count). The van der Waals surface area contributed by atoms with Gasteiger partial charge in [-0.05, 0) is 54.4 Å². The first-order chi connectivity index (χ1) is 19.4. The lowest BCUT2D eigenvalue weighted by Crippen LogP contribution is -2.42. The number of morpholine rings is 1. The average Bonchev–Trinajstić information content (AvgIpc) is 3.24. The van der Waals surface area contributed by atoms with Gasteiger partial charge in [-0.1, -0.05) is 42.0 Å². The fourth-order valence-corrected chi connectivity index (χ4v) is 5.15. The number of ketones is 1. The minimum Gasteiger partial charge on any atom is -0.507 e. The molecule has 8 heteroatoms.